The van der Waals surface area contributed by atoms with Gasteiger partial charge in [-0.1, -0.05) is 48.5 Å². The fourth-order valence-electron chi connectivity index (χ4n) is 4.31. The summed E-state index contributed by atoms with van der Waals surface area (Å²) in [5.74, 6) is 0.785. The molecule has 0 spiro atoms. The van der Waals surface area contributed by atoms with Crippen molar-refractivity contribution in [1.29, 1.82) is 0 Å². The highest BCUT2D eigenvalue weighted by atomic mass is 32.2. The molecule has 3 aromatic carbocycles. The van der Waals surface area contributed by atoms with E-state index < -0.39 is 0 Å². The predicted octanol–water partition coefficient (Wildman–Crippen LogP) is 6.91. The number of amides is 1. The average Bonchev–Trinajstić information content (AvgIpc) is 3.35. The molecule has 180 valence electrons. The Hall–Kier alpha value is -4.03. The van der Waals surface area contributed by atoms with Gasteiger partial charge < -0.3 is 9.30 Å². The van der Waals surface area contributed by atoms with Gasteiger partial charge in [0.2, 0.25) is 0 Å². The van der Waals surface area contributed by atoms with E-state index in [4.69, 9.17) is 9.73 Å². The summed E-state index contributed by atoms with van der Waals surface area (Å²) in [5, 5.41) is 0.685. The lowest BCUT2D eigenvalue weighted by Gasteiger charge is -2.15. The number of amidine groups is 1. The maximum absolute atomic E-state index is 13.6. The number of hydrogen-bond donors (Lipinski definition) is 0. The lowest BCUT2D eigenvalue weighted by Crippen LogP contribution is -2.28. The van der Waals surface area contributed by atoms with Gasteiger partial charge in [-0.3, -0.25) is 9.69 Å². The van der Waals surface area contributed by atoms with Crippen LogP contribution >= 0.6 is 11.8 Å². The number of carbonyl (C=O) groups excluding carboxylic acids is 1. The maximum Gasteiger partial charge on any atom is 0.267 e. The third-order valence-electron chi connectivity index (χ3n) is 6.14. The van der Waals surface area contributed by atoms with E-state index >= 15 is 0 Å². The van der Waals surface area contributed by atoms with Crippen LogP contribution in [-0.4, -0.2) is 27.7 Å². The van der Waals surface area contributed by atoms with Crippen molar-refractivity contribution in [2.24, 2.45) is 4.99 Å². The summed E-state index contributed by atoms with van der Waals surface area (Å²) in [6.45, 7) is 4.63. The highest BCUT2D eigenvalue weighted by molar-refractivity contribution is 8.18. The highest BCUT2D eigenvalue weighted by Gasteiger charge is 2.33. The minimum atomic E-state index is -0.0345. The summed E-state index contributed by atoms with van der Waals surface area (Å²) in [4.78, 5) is 20.8. The van der Waals surface area contributed by atoms with Crippen LogP contribution in [0.2, 0.25) is 0 Å². The third-order valence-corrected chi connectivity index (χ3v) is 7.15. The van der Waals surface area contributed by atoms with Gasteiger partial charge in [0.25, 0.3) is 5.91 Å². The van der Waals surface area contributed by atoms with Crippen LogP contribution in [0.25, 0.3) is 11.8 Å². The summed E-state index contributed by atoms with van der Waals surface area (Å²) in [7, 11) is 1.66. The number of nitrogens with zero attached hydrogens (tertiary/aromatic N) is 3. The molecule has 1 aromatic heterocycles. The summed E-state index contributed by atoms with van der Waals surface area (Å²) >= 11 is 1.42. The summed E-state index contributed by atoms with van der Waals surface area (Å²) in [5.41, 5.74) is 6.12. The molecule has 1 saturated heterocycles. The van der Waals surface area contributed by atoms with Crippen molar-refractivity contribution >= 4 is 34.6 Å². The molecule has 0 unspecified atom stereocenters. The number of benzene rings is 3. The minimum absolute atomic E-state index is 0.0345. The average molecular weight is 494 g/mol. The normalized spacial score (nSPS) is 15.8. The molecule has 5 rings (SSSR count). The van der Waals surface area contributed by atoms with Crippen molar-refractivity contribution in [3.05, 3.63) is 118 Å². The topological polar surface area (TPSA) is 46.8 Å². The van der Waals surface area contributed by atoms with Crippen LogP contribution in [0.1, 0.15) is 22.5 Å². The number of ether oxygens (including phenoxy) is 1. The standard InChI is InChI=1S/C30H27N3O2S/c1-21-18-24(22(2)33(21)26-14-16-27(35-3)17-15-26)19-28-29(34)32(20-23-10-6-4-7-11-23)30(36-28)31-25-12-8-5-9-13-25/h4-19H,20H2,1-3H3/b28-19+,31-30?. The van der Waals surface area contributed by atoms with Crippen LogP contribution in [0, 0.1) is 13.8 Å². The fourth-order valence-corrected chi connectivity index (χ4v) is 5.30. The van der Waals surface area contributed by atoms with Gasteiger partial charge >= 0.3 is 0 Å². The predicted molar refractivity (Wildman–Crippen MR) is 148 cm³/mol. The molecule has 0 radical (unpaired) electrons. The second-order valence-corrected chi connectivity index (χ2v) is 9.59. The monoisotopic (exact) mass is 493 g/mol. The molecule has 5 nitrogen and oxygen atoms in total. The van der Waals surface area contributed by atoms with Gasteiger partial charge in [-0.05, 0) is 85.3 Å². The van der Waals surface area contributed by atoms with Gasteiger partial charge in [0.1, 0.15) is 5.75 Å². The Morgan fingerprint density at radius 3 is 2.25 bits per heavy atom. The Kier molecular flexibility index (Phi) is 6.78. The van der Waals surface area contributed by atoms with Crippen molar-refractivity contribution in [2.45, 2.75) is 20.4 Å². The summed E-state index contributed by atoms with van der Waals surface area (Å²) in [6.07, 6.45) is 1.99. The second kappa shape index (κ2) is 10.3. The van der Waals surface area contributed by atoms with Gasteiger partial charge in [-0.15, -0.1) is 0 Å². The number of methoxy groups -OCH3 is 1. The maximum atomic E-state index is 13.6. The quantitative estimate of drug-likeness (QED) is 0.274. The number of carbonyl (C=O) groups is 1. The molecule has 1 aliphatic heterocycles. The first-order chi connectivity index (χ1) is 17.5. The Bertz CT molecular complexity index is 1440. The Morgan fingerprint density at radius 1 is 0.917 bits per heavy atom. The summed E-state index contributed by atoms with van der Waals surface area (Å²) in [6, 6.07) is 29.9. The first-order valence-electron chi connectivity index (χ1n) is 11.8. The number of para-hydroxylation sites is 1. The van der Waals surface area contributed by atoms with E-state index in [0.29, 0.717) is 16.6 Å². The van der Waals surface area contributed by atoms with Crippen molar-refractivity contribution in [3.8, 4) is 11.4 Å². The number of aliphatic imine (C=N–C) groups is 1. The smallest absolute Gasteiger partial charge is 0.267 e. The molecule has 6 heteroatoms. The molecule has 0 aliphatic carbocycles. The molecular formula is C30H27N3O2S. The zero-order valence-corrected chi connectivity index (χ0v) is 21.3. The number of hydrogen-bond acceptors (Lipinski definition) is 4. The highest BCUT2D eigenvalue weighted by Crippen LogP contribution is 2.36. The molecule has 0 atom stereocenters. The van der Waals surface area contributed by atoms with E-state index in [1.54, 1.807) is 12.0 Å². The van der Waals surface area contributed by atoms with Crippen molar-refractivity contribution in [2.75, 3.05) is 7.11 Å². The van der Waals surface area contributed by atoms with E-state index in [-0.39, 0.29) is 5.91 Å². The van der Waals surface area contributed by atoms with E-state index in [0.717, 1.165) is 39.6 Å². The number of thioether (sulfide) groups is 1. The van der Waals surface area contributed by atoms with Crippen LogP contribution in [0.3, 0.4) is 0 Å². The molecule has 0 bridgehead atoms. The van der Waals surface area contributed by atoms with Crippen molar-refractivity contribution < 1.29 is 9.53 Å². The second-order valence-electron chi connectivity index (χ2n) is 8.58. The molecule has 4 aromatic rings. The van der Waals surface area contributed by atoms with Gasteiger partial charge in [0.05, 0.1) is 24.2 Å². The SMILES string of the molecule is COc1ccc(-n2c(C)cc(/C=C3/SC(=Nc4ccccc4)N(Cc4ccccc4)C3=O)c2C)cc1. The van der Waals surface area contributed by atoms with E-state index in [2.05, 4.69) is 24.5 Å². The Morgan fingerprint density at radius 2 is 1.58 bits per heavy atom. The molecule has 0 N–H and O–H groups in total. The first kappa shape index (κ1) is 23.7. The van der Waals surface area contributed by atoms with Crippen LogP contribution in [0.4, 0.5) is 5.69 Å². The van der Waals surface area contributed by atoms with E-state index in [1.165, 1.54) is 11.8 Å². The van der Waals surface area contributed by atoms with Gasteiger partial charge in [0, 0.05) is 17.1 Å². The molecule has 1 amide bonds. The zero-order valence-electron chi connectivity index (χ0n) is 20.5. The zero-order chi connectivity index (χ0) is 25.1. The molecular weight excluding hydrogens is 466 g/mol. The van der Waals surface area contributed by atoms with Gasteiger partial charge in [0.15, 0.2) is 5.17 Å². The first-order valence-corrected chi connectivity index (χ1v) is 12.6. The molecule has 1 aliphatic rings. The van der Waals surface area contributed by atoms with Crippen LogP contribution in [0.15, 0.2) is 101 Å². The Labute approximate surface area is 215 Å². The largest absolute Gasteiger partial charge is 0.497 e. The lowest BCUT2D eigenvalue weighted by atomic mass is 10.2. The van der Waals surface area contributed by atoms with Gasteiger partial charge in [-0.25, -0.2) is 4.99 Å². The number of rotatable bonds is 6. The Balaban J connectivity index is 1.51. The van der Waals surface area contributed by atoms with Crippen LogP contribution < -0.4 is 4.74 Å². The molecule has 0 saturated carbocycles. The fraction of sp³-hybridized carbons (Fsp3) is 0.133. The molecule has 2 heterocycles. The number of aryl methyl sites for hydroxylation is 1. The third kappa shape index (κ3) is 4.86. The van der Waals surface area contributed by atoms with Crippen LogP contribution in [0.5, 0.6) is 5.75 Å². The van der Waals surface area contributed by atoms with Crippen molar-refractivity contribution in [3.63, 3.8) is 0 Å². The minimum Gasteiger partial charge on any atom is -0.497 e. The lowest BCUT2D eigenvalue weighted by molar-refractivity contribution is -0.122. The van der Waals surface area contributed by atoms with Gasteiger partial charge in [-0.2, -0.15) is 0 Å². The molecule has 1 fully saturated rings. The molecule has 36 heavy (non-hydrogen) atoms. The summed E-state index contributed by atoms with van der Waals surface area (Å²) < 4.78 is 7.49. The van der Waals surface area contributed by atoms with Crippen molar-refractivity contribution in [1.82, 2.24) is 9.47 Å². The number of aromatic nitrogens is 1. The van der Waals surface area contributed by atoms with E-state index in [9.17, 15) is 4.79 Å². The van der Waals surface area contributed by atoms with Crippen LogP contribution in [-0.2, 0) is 11.3 Å². The van der Waals surface area contributed by atoms with E-state index in [1.807, 2.05) is 91.0 Å².